The third-order valence-electron chi connectivity index (χ3n) is 3.71. The fourth-order valence-corrected chi connectivity index (χ4v) is 2.38. The molecule has 2 aliphatic carbocycles. The standard InChI is InChI=1S/C13H15N5O2/c19-13(10-5-14-7-20-10)15-6-11-16-17-12(8-1-2-8)18(11)9-3-4-9/h5,7-9H,1-4,6H2,(H,15,19). The van der Waals surface area contributed by atoms with Gasteiger partial charge in [-0.15, -0.1) is 10.2 Å². The van der Waals surface area contributed by atoms with Crippen LogP contribution >= 0.6 is 0 Å². The van der Waals surface area contributed by atoms with Crippen molar-refractivity contribution in [1.29, 1.82) is 0 Å². The number of amides is 1. The summed E-state index contributed by atoms with van der Waals surface area (Å²) >= 11 is 0. The van der Waals surface area contributed by atoms with Crippen molar-refractivity contribution >= 4 is 5.91 Å². The Labute approximate surface area is 115 Å². The van der Waals surface area contributed by atoms with Gasteiger partial charge in [0.15, 0.2) is 12.2 Å². The normalized spacial score (nSPS) is 18.2. The molecule has 0 bridgehead atoms. The van der Waals surface area contributed by atoms with Crippen LogP contribution in [0.4, 0.5) is 0 Å². The van der Waals surface area contributed by atoms with Crippen LogP contribution in [-0.2, 0) is 6.54 Å². The number of carbonyl (C=O) groups excluding carboxylic acids is 1. The van der Waals surface area contributed by atoms with Crippen LogP contribution in [-0.4, -0.2) is 25.7 Å². The molecule has 20 heavy (non-hydrogen) atoms. The van der Waals surface area contributed by atoms with Crippen LogP contribution in [0.5, 0.6) is 0 Å². The van der Waals surface area contributed by atoms with Gasteiger partial charge in [-0.2, -0.15) is 0 Å². The Kier molecular flexibility index (Phi) is 2.58. The molecular formula is C13H15N5O2. The summed E-state index contributed by atoms with van der Waals surface area (Å²) in [5.74, 6) is 2.44. The highest BCUT2D eigenvalue weighted by Crippen LogP contribution is 2.44. The second kappa shape index (κ2) is 4.43. The maximum Gasteiger partial charge on any atom is 0.289 e. The maximum absolute atomic E-state index is 11.8. The minimum absolute atomic E-state index is 0.213. The molecule has 7 nitrogen and oxygen atoms in total. The number of aromatic nitrogens is 4. The van der Waals surface area contributed by atoms with Gasteiger partial charge in [0, 0.05) is 12.0 Å². The predicted molar refractivity (Wildman–Crippen MR) is 67.9 cm³/mol. The van der Waals surface area contributed by atoms with Gasteiger partial charge in [0.05, 0.1) is 12.7 Å². The number of nitrogens with zero attached hydrogens (tertiary/aromatic N) is 4. The van der Waals surface area contributed by atoms with Crippen LogP contribution in [0.25, 0.3) is 0 Å². The molecule has 0 unspecified atom stereocenters. The highest BCUT2D eigenvalue weighted by Gasteiger charge is 2.36. The average Bonchev–Trinajstić information content (AvgIpc) is 3.39. The SMILES string of the molecule is O=C(NCc1nnc(C2CC2)n1C1CC1)c1cnco1. The van der Waals surface area contributed by atoms with Crippen molar-refractivity contribution in [2.24, 2.45) is 0 Å². The number of carbonyl (C=O) groups is 1. The van der Waals surface area contributed by atoms with Gasteiger partial charge in [-0.3, -0.25) is 4.79 Å². The number of hydrogen-bond acceptors (Lipinski definition) is 5. The summed E-state index contributed by atoms with van der Waals surface area (Å²) < 4.78 is 7.18. The van der Waals surface area contributed by atoms with Gasteiger partial charge >= 0.3 is 0 Å². The number of oxazole rings is 1. The zero-order valence-electron chi connectivity index (χ0n) is 11.0. The molecule has 4 rings (SSSR count). The Hall–Kier alpha value is -2.18. The topological polar surface area (TPSA) is 85.8 Å². The zero-order chi connectivity index (χ0) is 13.5. The molecule has 0 atom stereocenters. The maximum atomic E-state index is 11.8. The molecule has 7 heteroatoms. The van der Waals surface area contributed by atoms with E-state index in [1.54, 1.807) is 0 Å². The molecule has 2 aromatic heterocycles. The van der Waals surface area contributed by atoms with Crippen molar-refractivity contribution in [3.05, 3.63) is 30.0 Å². The smallest absolute Gasteiger partial charge is 0.289 e. The second-order valence-electron chi connectivity index (χ2n) is 5.40. The molecule has 2 heterocycles. The number of rotatable bonds is 5. The van der Waals surface area contributed by atoms with E-state index in [2.05, 4.69) is 25.1 Å². The minimum atomic E-state index is -0.277. The Bertz CT molecular complexity index is 625. The second-order valence-corrected chi connectivity index (χ2v) is 5.40. The first-order chi connectivity index (χ1) is 9.83. The van der Waals surface area contributed by atoms with Crippen molar-refractivity contribution in [3.8, 4) is 0 Å². The molecule has 0 radical (unpaired) electrons. The van der Waals surface area contributed by atoms with E-state index in [1.807, 2.05) is 0 Å². The Morgan fingerprint density at radius 2 is 2.20 bits per heavy atom. The van der Waals surface area contributed by atoms with Gasteiger partial charge in [-0.1, -0.05) is 0 Å². The lowest BCUT2D eigenvalue weighted by molar-refractivity contribution is 0.0921. The Morgan fingerprint density at radius 3 is 2.85 bits per heavy atom. The van der Waals surface area contributed by atoms with E-state index in [-0.39, 0.29) is 11.7 Å². The molecule has 2 aromatic rings. The summed E-state index contributed by atoms with van der Waals surface area (Å²) in [6.45, 7) is 0.371. The molecule has 2 fully saturated rings. The first-order valence-electron chi connectivity index (χ1n) is 6.93. The Morgan fingerprint density at radius 1 is 1.35 bits per heavy atom. The van der Waals surface area contributed by atoms with Crippen LogP contribution in [0.1, 0.15) is 59.8 Å². The first-order valence-corrected chi connectivity index (χ1v) is 6.93. The highest BCUT2D eigenvalue weighted by atomic mass is 16.3. The van der Waals surface area contributed by atoms with E-state index < -0.39 is 0 Å². The lowest BCUT2D eigenvalue weighted by Crippen LogP contribution is -2.24. The molecule has 104 valence electrons. The first kappa shape index (κ1) is 11.6. The van der Waals surface area contributed by atoms with Crippen molar-refractivity contribution in [2.75, 3.05) is 0 Å². The van der Waals surface area contributed by atoms with E-state index >= 15 is 0 Å². The van der Waals surface area contributed by atoms with Gasteiger partial charge < -0.3 is 14.3 Å². The van der Waals surface area contributed by atoms with Crippen LogP contribution in [0.3, 0.4) is 0 Å². The van der Waals surface area contributed by atoms with Gasteiger partial charge in [0.25, 0.3) is 5.91 Å². The molecule has 1 amide bonds. The van der Waals surface area contributed by atoms with Gasteiger partial charge in [0.1, 0.15) is 5.82 Å². The summed E-state index contributed by atoms with van der Waals surface area (Å²) in [6.07, 6.45) is 7.41. The molecule has 0 aliphatic heterocycles. The quantitative estimate of drug-likeness (QED) is 0.890. The Balaban J connectivity index is 1.50. The predicted octanol–water partition coefficient (Wildman–Crippen LogP) is 1.41. The third-order valence-corrected chi connectivity index (χ3v) is 3.71. The molecule has 1 N–H and O–H groups in total. The van der Waals surface area contributed by atoms with E-state index in [0.29, 0.717) is 18.5 Å². The molecule has 0 saturated heterocycles. The average molecular weight is 273 g/mol. The fourth-order valence-electron chi connectivity index (χ4n) is 2.38. The summed E-state index contributed by atoms with van der Waals surface area (Å²) in [5, 5.41) is 11.4. The van der Waals surface area contributed by atoms with Crippen LogP contribution in [0.15, 0.2) is 17.0 Å². The highest BCUT2D eigenvalue weighted by molar-refractivity contribution is 5.90. The lowest BCUT2D eigenvalue weighted by Gasteiger charge is -2.08. The molecule has 0 aromatic carbocycles. The van der Waals surface area contributed by atoms with Crippen molar-refractivity contribution < 1.29 is 9.21 Å². The number of hydrogen-bond donors (Lipinski definition) is 1. The summed E-state index contributed by atoms with van der Waals surface area (Å²) in [4.78, 5) is 15.6. The minimum Gasteiger partial charge on any atom is -0.438 e. The van der Waals surface area contributed by atoms with Crippen LogP contribution < -0.4 is 5.32 Å². The van der Waals surface area contributed by atoms with Crippen LogP contribution in [0, 0.1) is 0 Å². The summed E-state index contributed by atoms with van der Waals surface area (Å²) in [5.41, 5.74) is 0. The molecule has 0 spiro atoms. The third kappa shape index (κ3) is 2.09. The summed E-state index contributed by atoms with van der Waals surface area (Å²) in [7, 11) is 0. The summed E-state index contributed by atoms with van der Waals surface area (Å²) in [6, 6.07) is 0.526. The fraction of sp³-hybridized carbons (Fsp3) is 0.538. The van der Waals surface area contributed by atoms with Gasteiger partial charge in [0.2, 0.25) is 5.76 Å². The van der Waals surface area contributed by atoms with E-state index in [9.17, 15) is 4.79 Å². The zero-order valence-corrected chi connectivity index (χ0v) is 11.0. The van der Waals surface area contributed by atoms with Crippen molar-refractivity contribution in [2.45, 2.75) is 44.2 Å². The van der Waals surface area contributed by atoms with Gasteiger partial charge in [-0.05, 0) is 25.7 Å². The van der Waals surface area contributed by atoms with Crippen molar-refractivity contribution in [3.63, 3.8) is 0 Å². The van der Waals surface area contributed by atoms with E-state index in [4.69, 9.17) is 4.42 Å². The van der Waals surface area contributed by atoms with E-state index in [1.165, 1.54) is 38.3 Å². The molecule has 2 aliphatic rings. The van der Waals surface area contributed by atoms with Gasteiger partial charge in [-0.25, -0.2) is 4.98 Å². The largest absolute Gasteiger partial charge is 0.438 e. The lowest BCUT2D eigenvalue weighted by atomic mass is 10.3. The van der Waals surface area contributed by atoms with E-state index in [0.717, 1.165) is 11.6 Å². The molecular weight excluding hydrogens is 258 g/mol. The monoisotopic (exact) mass is 273 g/mol. The number of nitrogens with one attached hydrogen (secondary N) is 1. The van der Waals surface area contributed by atoms with Crippen LogP contribution in [0.2, 0.25) is 0 Å². The molecule has 2 saturated carbocycles. The van der Waals surface area contributed by atoms with Crippen molar-refractivity contribution in [1.82, 2.24) is 25.1 Å².